The second-order valence-corrected chi connectivity index (χ2v) is 6.33. The van der Waals surface area contributed by atoms with Gasteiger partial charge in [0.2, 0.25) is 5.91 Å². The van der Waals surface area contributed by atoms with Gasteiger partial charge in [-0.15, -0.1) is 0 Å². The van der Waals surface area contributed by atoms with E-state index in [0.29, 0.717) is 30.4 Å². The van der Waals surface area contributed by atoms with Crippen molar-refractivity contribution in [1.29, 1.82) is 0 Å². The van der Waals surface area contributed by atoms with E-state index in [1.165, 1.54) is 0 Å². The lowest BCUT2D eigenvalue weighted by atomic mass is 9.98. The summed E-state index contributed by atoms with van der Waals surface area (Å²) in [4.78, 5) is 25.8. The standard InChI is InChI=1S/C17H18ClN3O3/c1-11-8-15(20-24-11)17(23)21-9-13(10-21)16(22)19-7-6-12-2-4-14(18)5-3-12/h2-5,8,13H,6-7,9-10H2,1H3,(H,19,22). The molecular formula is C17H18ClN3O3. The van der Waals surface area contributed by atoms with Gasteiger partial charge in [0.1, 0.15) is 5.76 Å². The number of amides is 2. The molecule has 3 rings (SSSR count). The maximum absolute atomic E-state index is 12.1. The van der Waals surface area contributed by atoms with Gasteiger partial charge in [0.25, 0.3) is 5.91 Å². The SMILES string of the molecule is Cc1cc(C(=O)N2CC(C(=O)NCCc3ccc(Cl)cc3)C2)no1. The number of nitrogens with one attached hydrogen (secondary N) is 1. The molecule has 0 saturated carbocycles. The average Bonchev–Trinajstić information content (AvgIpc) is 2.94. The Morgan fingerprint density at radius 1 is 1.33 bits per heavy atom. The summed E-state index contributed by atoms with van der Waals surface area (Å²) in [5.41, 5.74) is 1.40. The first-order valence-electron chi connectivity index (χ1n) is 7.77. The number of likely N-dealkylation sites (tertiary alicyclic amines) is 1. The Kier molecular flexibility index (Phi) is 4.85. The predicted octanol–water partition coefficient (Wildman–Crippen LogP) is 2.07. The van der Waals surface area contributed by atoms with E-state index in [2.05, 4.69) is 10.5 Å². The third-order valence-electron chi connectivity index (χ3n) is 4.01. The van der Waals surface area contributed by atoms with Crippen molar-refractivity contribution in [2.75, 3.05) is 19.6 Å². The molecule has 126 valence electrons. The van der Waals surface area contributed by atoms with Crippen molar-refractivity contribution in [2.45, 2.75) is 13.3 Å². The molecule has 7 heteroatoms. The van der Waals surface area contributed by atoms with Crippen molar-refractivity contribution in [3.05, 3.63) is 52.4 Å². The van der Waals surface area contributed by atoms with Crippen LogP contribution in [0.15, 0.2) is 34.9 Å². The van der Waals surface area contributed by atoms with Gasteiger partial charge in [-0.3, -0.25) is 9.59 Å². The second kappa shape index (κ2) is 7.05. The predicted molar refractivity (Wildman–Crippen MR) is 88.8 cm³/mol. The summed E-state index contributed by atoms with van der Waals surface area (Å²) in [6.07, 6.45) is 0.747. The number of hydrogen-bond donors (Lipinski definition) is 1. The molecule has 1 aliphatic rings. The normalized spacial score (nSPS) is 14.3. The number of carbonyl (C=O) groups is 2. The van der Waals surface area contributed by atoms with Crippen LogP contribution >= 0.6 is 11.6 Å². The number of nitrogens with zero attached hydrogens (tertiary/aromatic N) is 2. The summed E-state index contributed by atoms with van der Waals surface area (Å²) in [5, 5.41) is 7.31. The zero-order valence-corrected chi connectivity index (χ0v) is 14.0. The minimum absolute atomic E-state index is 0.0238. The number of aromatic nitrogens is 1. The molecule has 0 radical (unpaired) electrons. The van der Waals surface area contributed by atoms with E-state index in [-0.39, 0.29) is 23.4 Å². The number of carbonyl (C=O) groups excluding carboxylic acids is 2. The molecule has 1 fully saturated rings. The lowest BCUT2D eigenvalue weighted by Crippen LogP contribution is -2.55. The minimum Gasteiger partial charge on any atom is -0.361 e. The molecule has 0 unspecified atom stereocenters. The van der Waals surface area contributed by atoms with Gasteiger partial charge in [-0.1, -0.05) is 28.9 Å². The summed E-state index contributed by atoms with van der Waals surface area (Å²) in [6, 6.07) is 9.15. The lowest BCUT2D eigenvalue weighted by molar-refractivity contribution is -0.128. The molecule has 0 bridgehead atoms. The largest absolute Gasteiger partial charge is 0.361 e. The monoisotopic (exact) mass is 347 g/mol. The Bertz CT molecular complexity index is 736. The number of aryl methyl sites for hydroxylation is 1. The number of rotatable bonds is 5. The third kappa shape index (κ3) is 3.76. The first-order valence-corrected chi connectivity index (χ1v) is 8.15. The highest BCUT2D eigenvalue weighted by Gasteiger charge is 2.36. The van der Waals surface area contributed by atoms with Gasteiger partial charge in [-0.05, 0) is 31.0 Å². The molecule has 0 aliphatic carbocycles. The van der Waals surface area contributed by atoms with Gasteiger partial charge < -0.3 is 14.7 Å². The van der Waals surface area contributed by atoms with Gasteiger partial charge in [0.15, 0.2) is 5.69 Å². The van der Waals surface area contributed by atoms with E-state index in [4.69, 9.17) is 16.1 Å². The van der Waals surface area contributed by atoms with Crippen LogP contribution < -0.4 is 5.32 Å². The molecule has 2 amide bonds. The van der Waals surface area contributed by atoms with Crippen LogP contribution in [0.1, 0.15) is 21.8 Å². The van der Waals surface area contributed by atoms with E-state index in [1.54, 1.807) is 17.9 Å². The Morgan fingerprint density at radius 3 is 2.67 bits per heavy atom. The van der Waals surface area contributed by atoms with E-state index < -0.39 is 0 Å². The van der Waals surface area contributed by atoms with Crippen LogP contribution in [-0.4, -0.2) is 41.5 Å². The maximum Gasteiger partial charge on any atom is 0.276 e. The van der Waals surface area contributed by atoms with Crippen LogP contribution in [0, 0.1) is 12.8 Å². The van der Waals surface area contributed by atoms with E-state index in [0.717, 1.165) is 12.0 Å². The zero-order chi connectivity index (χ0) is 17.1. The fourth-order valence-electron chi connectivity index (χ4n) is 2.56. The van der Waals surface area contributed by atoms with Crippen molar-refractivity contribution in [3.63, 3.8) is 0 Å². The highest BCUT2D eigenvalue weighted by atomic mass is 35.5. The van der Waals surface area contributed by atoms with Crippen molar-refractivity contribution in [3.8, 4) is 0 Å². The van der Waals surface area contributed by atoms with E-state index in [9.17, 15) is 9.59 Å². The molecule has 1 aliphatic heterocycles. The van der Waals surface area contributed by atoms with Gasteiger partial charge in [-0.25, -0.2) is 0 Å². The molecule has 1 N–H and O–H groups in total. The van der Waals surface area contributed by atoms with Crippen LogP contribution in [0.2, 0.25) is 5.02 Å². The summed E-state index contributed by atoms with van der Waals surface area (Å²) in [5.74, 6) is 0.212. The Balaban J connectivity index is 1.40. The van der Waals surface area contributed by atoms with Crippen LogP contribution in [-0.2, 0) is 11.2 Å². The van der Waals surface area contributed by atoms with Crippen LogP contribution in [0.5, 0.6) is 0 Å². The lowest BCUT2D eigenvalue weighted by Gasteiger charge is -2.37. The van der Waals surface area contributed by atoms with Crippen LogP contribution in [0.25, 0.3) is 0 Å². The summed E-state index contributed by atoms with van der Waals surface area (Å²) in [6.45, 7) is 3.12. The van der Waals surface area contributed by atoms with Gasteiger partial charge >= 0.3 is 0 Å². The van der Waals surface area contributed by atoms with Gasteiger partial charge in [0, 0.05) is 30.7 Å². The van der Waals surface area contributed by atoms with Crippen LogP contribution in [0.3, 0.4) is 0 Å². The van der Waals surface area contributed by atoms with Gasteiger partial charge in [0.05, 0.1) is 5.92 Å². The molecule has 6 nitrogen and oxygen atoms in total. The molecule has 2 aromatic rings. The second-order valence-electron chi connectivity index (χ2n) is 5.90. The molecule has 1 aromatic heterocycles. The summed E-state index contributed by atoms with van der Waals surface area (Å²) in [7, 11) is 0. The summed E-state index contributed by atoms with van der Waals surface area (Å²) < 4.78 is 4.90. The van der Waals surface area contributed by atoms with E-state index in [1.807, 2.05) is 24.3 Å². The topological polar surface area (TPSA) is 75.4 Å². The summed E-state index contributed by atoms with van der Waals surface area (Å²) >= 11 is 5.84. The number of benzene rings is 1. The molecular weight excluding hydrogens is 330 g/mol. The fourth-order valence-corrected chi connectivity index (χ4v) is 2.69. The van der Waals surface area contributed by atoms with Crippen molar-refractivity contribution < 1.29 is 14.1 Å². The Labute approximate surface area is 144 Å². The number of hydrogen-bond acceptors (Lipinski definition) is 4. The zero-order valence-electron chi connectivity index (χ0n) is 13.3. The smallest absolute Gasteiger partial charge is 0.276 e. The molecule has 1 aromatic carbocycles. The van der Waals surface area contributed by atoms with Crippen LogP contribution in [0.4, 0.5) is 0 Å². The van der Waals surface area contributed by atoms with Gasteiger partial charge in [-0.2, -0.15) is 0 Å². The quantitative estimate of drug-likeness (QED) is 0.898. The number of halogens is 1. The molecule has 1 saturated heterocycles. The van der Waals surface area contributed by atoms with Crippen molar-refractivity contribution in [1.82, 2.24) is 15.4 Å². The maximum atomic E-state index is 12.1. The molecule has 2 heterocycles. The molecule has 24 heavy (non-hydrogen) atoms. The molecule has 0 spiro atoms. The highest BCUT2D eigenvalue weighted by molar-refractivity contribution is 6.30. The fraction of sp³-hybridized carbons (Fsp3) is 0.353. The third-order valence-corrected chi connectivity index (χ3v) is 4.26. The Hall–Kier alpha value is -2.34. The first kappa shape index (κ1) is 16.5. The average molecular weight is 348 g/mol. The highest BCUT2D eigenvalue weighted by Crippen LogP contribution is 2.19. The minimum atomic E-state index is -0.197. The van der Waals surface area contributed by atoms with Crippen molar-refractivity contribution >= 4 is 23.4 Å². The first-order chi connectivity index (χ1) is 11.5. The van der Waals surface area contributed by atoms with E-state index >= 15 is 0 Å². The molecule has 0 atom stereocenters. The van der Waals surface area contributed by atoms with Crippen molar-refractivity contribution in [2.24, 2.45) is 5.92 Å². The Morgan fingerprint density at radius 2 is 2.04 bits per heavy atom.